The van der Waals surface area contributed by atoms with Crippen LogP contribution in [0.25, 0.3) is 0 Å². The zero-order valence-corrected chi connectivity index (χ0v) is 10.3. The van der Waals surface area contributed by atoms with E-state index in [9.17, 15) is 22.4 Å². The molecule has 18 heavy (non-hydrogen) atoms. The van der Waals surface area contributed by atoms with Crippen molar-refractivity contribution < 1.29 is 22.4 Å². The zero-order valence-electron chi connectivity index (χ0n) is 10.3. The van der Waals surface area contributed by atoms with Crippen molar-refractivity contribution in [1.29, 1.82) is 0 Å². The molecular formula is C13H14F4O. The molecule has 0 aliphatic rings. The Balaban J connectivity index is 3.09. The molecule has 0 aliphatic heterocycles. The van der Waals surface area contributed by atoms with Crippen LogP contribution in [-0.2, 0) is 6.18 Å². The van der Waals surface area contributed by atoms with Gasteiger partial charge >= 0.3 is 6.18 Å². The predicted molar refractivity (Wildman–Crippen MR) is 59.7 cm³/mol. The highest BCUT2D eigenvalue weighted by Gasteiger charge is 2.34. The average Bonchev–Trinajstić information content (AvgIpc) is 2.24. The second-order valence-corrected chi connectivity index (χ2v) is 4.59. The zero-order chi connectivity index (χ0) is 14.1. The monoisotopic (exact) mass is 262 g/mol. The van der Waals surface area contributed by atoms with Crippen LogP contribution < -0.4 is 0 Å². The van der Waals surface area contributed by atoms with Gasteiger partial charge in [0.1, 0.15) is 5.82 Å². The Bertz CT molecular complexity index is 449. The van der Waals surface area contributed by atoms with Crippen molar-refractivity contribution in [3.05, 3.63) is 35.1 Å². The molecule has 0 radical (unpaired) electrons. The van der Waals surface area contributed by atoms with Crippen molar-refractivity contribution in [1.82, 2.24) is 0 Å². The van der Waals surface area contributed by atoms with E-state index in [-0.39, 0.29) is 23.2 Å². The van der Waals surface area contributed by atoms with E-state index in [0.717, 1.165) is 6.07 Å². The lowest BCUT2D eigenvalue weighted by Crippen LogP contribution is -2.18. The molecule has 0 heterocycles. The summed E-state index contributed by atoms with van der Waals surface area (Å²) < 4.78 is 50.3. The van der Waals surface area contributed by atoms with E-state index < -0.39 is 17.6 Å². The van der Waals surface area contributed by atoms with Gasteiger partial charge in [-0.15, -0.1) is 0 Å². The maximum Gasteiger partial charge on any atom is 0.419 e. The van der Waals surface area contributed by atoms with Crippen molar-refractivity contribution in [3.8, 4) is 0 Å². The number of halogens is 4. The lowest BCUT2D eigenvalue weighted by molar-refractivity contribution is -0.140. The van der Waals surface area contributed by atoms with E-state index in [4.69, 9.17) is 0 Å². The van der Waals surface area contributed by atoms with Crippen LogP contribution in [0.15, 0.2) is 18.2 Å². The van der Waals surface area contributed by atoms with E-state index in [1.165, 1.54) is 0 Å². The third-order valence-corrected chi connectivity index (χ3v) is 2.97. The number of ketones is 1. The fraction of sp³-hybridized carbons (Fsp3) is 0.462. The number of alkyl halides is 3. The van der Waals surface area contributed by atoms with Gasteiger partial charge in [-0.1, -0.05) is 26.8 Å². The van der Waals surface area contributed by atoms with E-state index in [1.54, 1.807) is 6.92 Å². The van der Waals surface area contributed by atoms with E-state index in [1.807, 2.05) is 13.8 Å². The summed E-state index contributed by atoms with van der Waals surface area (Å²) in [6, 6.07) is 2.28. The van der Waals surface area contributed by atoms with Gasteiger partial charge in [0.05, 0.1) is 5.56 Å². The largest absolute Gasteiger partial charge is 0.419 e. The summed E-state index contributed by atoms with van der Waals surface area (Å²) >= 11 is 0. The van der Waals surface area contributed by atoms with Gasteiger partial charge in [0.25, 0.3) is 0 Å². The molecular weight excluding hydrogens is 248 g/mol. The van der Waals surface area contributed by atoms with Crippen molar-refractivity contribution in [2.75, 3.05) is 0 Å². The third-order valence-electron chi connectivity index (χ3n) is 2.97. The fourth-order valence-electron chi connectivity index (χ4n) is 1.46. The lowest BCUT2D eigenvalue weighted by Gasteiger charge is -2.15. The molecule has 0 amide bonds. The highest BCUT2D eigenvalue weighted by Crippen LogP contribution is 2.32. The number of rotatable bonds is 3. The highest BCUT2D eigenvalue weighted by molar-refractivity contribution is 5.97. The van der Waals surface area contributed by atoms with E-state index in [2.05, 4.69) is 0 Å². The Morgan fingerprint density at radius 1 is 1.17 bits per heavy atom. The van der Waals surface area contributed by atoms with Crippen LogP contribution in [0.5, 0.6) is 0 Å². The smallest absolute Gasteiger partial charge is 0.294 e. The maximum atomic E-state index is 13.3. The Hall–Kier alpha value is -1.39. The molecule has 1 rings (SSSR count). The molecule has 0 aliphatic carbocycles. The van der Waals surface area contributed by atoms with Crippen LogP contribution in [0.1, 0.15) is 36.7 Å². The lowest BCUT2D eigenvalue weighted by atomic mass is 9.89. The van der Waals surface area contributed by atoms with Gasteiger partial charge in [0.15, 0.2) is 5.78 Å². The summed E-state index contributed by atoms with van der Waals surface area (Å²) in [5.74, 6) is -2.08. The highest BCUT2D eigenvalue weighted by atomic mass is 19.4. The fourth-order valence-corrected chi connectivity index (χ4v) is 1.46. The molecule has 0 saturated heterocycles. The molecule has 1 unspecified atom stereocenters. The van der Waals surface area contributed by atoms with E-state index in [0.29, 0.717) is 12.1 Å². The minimum atomic E-state index is -4.74. The van der Waals surface area contributed by atoms with Gasteiger partial charge in [-0.25, -0.2) is 4.39 Å². The number of benzene rings is 1. The SMILES string of the molecule is CC(C)C(C)C(=O)c1ccc(C(F)(F)F)c(F)c1. The molecule has 1 aromatic rings. The molecule has 0 N–H and O–H groups in total. The standard InChI is InChI=1S/C13H14F4O/c1-7(2)8(3)12(18)9-4-5-10(11(14)6-9)13(15,16)17/h4-8H,1-3H3. The van der Waals surface area contributed by atoms with Gasteiger partial charge in [-0.05, 0) is 18.1 Å². The summed E-state index contributed by atoms with van der Waals surface area (Å²) in [5.41, 5.74) is -1.38. The van der Waals surface area contributed by atoms with Crippen LogP contribution in [0.3, 0.4) is 0 Å². The average molecular weight is 262 g/mol. The van der Waals surface area contributed by atoms with Crippen LogP contribution in [-0.4, -0.2) is 5.78 Å². The Morgan fingerprint density at radius 2 is 1.72 bits per heavy atom. The van der Waals surface area contributed by atoms with Crippen LogP contribution in [0, 0.1) is 17.7 Å². The first-order chi connectivity index (χ1) is 8.14. The van der Waals surface area contributed by atoms with E-state index >= 15 is 0 Å². The summed E-state index contributed by atoms with van der Waals surface area (Å²) in [7, 11) is 0. The first-order valence-corrected chi connectivity index (χ1v) is 5.55. The maximum absolute atomic E-state index is 13.3. The molecule has 5 heteroatoms. The Kier molecular flexibility index (Phi) is 4.14. The summed E-state index contributed by atoms with van der Waals surface area (Å²) in [5, 5.41) is 0. The molecule has 100 valence electrons. The summed E-state index contributed by atoms with van der Waals surface area (Å²) in [4.78, 5) is 11.9. The first kappa shape index (κ1) is 14.7. The second-order valence-electron chi connectivity index (χ2n) is 4.59. The minimum absolute atomic E-state index is 0.0262. The van der Waals surface area contributed by atoms with Gasteiger partial charge in [0, 0.05) is 11.5 Å². The normalized spacial score (nSPS) is 13.8. The first-order valence-electron chi connectivity index (χ1n) is 5.55. The van der Waals surface area contributed by atoms with Crippen molar-refractivity contribution in [2.24, 2.45) is 11.8 Å². The van der Waals surface area contributed by atoms with Crippen molar-refractivity contribution in [3.63, 3.8) is 0 Å². The topological polar surface area (TPSA) is 17.1 Å². The molecule has 0 fully saturated rings. The number of hydrogen-bond donors (Lipinski definition) is 0. The predicted octanol–water partition coefficient (Wildman–Crippen LogP) is 4.32. The summed E-state index contributed by atoms with van der Waals surface area (Å²) in [6.07, 6.45) is -4.74. The number of Topliss-reactive ketones (excluding diaryl/α,β-unsaturated/α-hetero) is 1. The quantitative estimate of drug-likeness (QED) is 0.585. The molecule has 0 saturated carbocycles. The van der Waals surface area contributed by atoms with Gasteiger partial charge in [0.2, 0.25) is 0 Å². The van der Waals surface area contributed by atoms with Crippen LogP contribution in [0.4, 0.5) is 17.6 Å². The Labute approximate surface area is 103 Å². The molecule has 1 nitrogen and oxygen atoms in total. The molecule has 0 bridgehead atoms. The molecule has 1 aromatic carbocycles. The summed E-state index contributed by atoms with van der Waals surface area (Å²) in [6.45, 7) is 5.31. The van der Waals surface area contributed by atoms with Gasteiger partial charge < -0.3 is 0 Å². The van der Waals surface area contributed by atoms with Crippen molar-refractivity contribution >= 4 is 5.78 Å². The van der Waals surface area contributed by atoms with Crippen LogP contribution >= 0.6 is 0 Å². The Morgan fingerprint density at radius 3 is 2.11 bits per heavy atom. The number of carbonyl (C=O) groups is 1. The molecule has 0 aromatic heterocycles. The van der Waals surface area contributed by atoms with Crippen LogP contribution in [0.2, 0.25) is 0 Å². The number of hydrogen-bond acceptors (Lipinski definition) is 1. The van der Waals surface area contributed by atoms with Gasteiger partial charge in [-0.2, -0.15) is 13.2 Å². The minimum Gasteiger partial charge on any atom is -0.294 e. The van der Waals surface area contributed by atoms with Gasteiger partial charge in [-0.3, -0.25) is 4.79 Å². The molecule has 1 atom stereocenters. The third kappa shape index (κ3) is 3.09. The number of carbonyl (C=O) groups excluding carboxylic acids is 1. The van der Waals surface area contributed by atoms with Crippen molar-refractivity contribution in [2.45, 2.75) is 26.9 Å². The molecule has 0 spiro atoms. The second kappa shape index (κ2) is 5.08.